The average molecular weight is 428 g/mol. The van der Waals surface area contributed by atoms with Crippen LogP contribution in [0.25, 0.3) is 0 Å². The van der Waals surface area contributed by atoms with Crippen molar-refractivity contribution in [3.63, 3.8) is 0 Å². The first kappa shape index (κ1) is 20.4. The van der Waals surface area contributed by atoms with Crippen molar-refractivity contribution in [2.75, 3.05) is 23.3 Å². The molecule has 0 aliphatic carbocycles. The van der Waals surface area contributed by atoms with Gasteiger partial charge >= 0.3 is 0 Å². The first-order valence-corrected chi connectivity index (χ1v) is 10.5. The largest absolute Gasteiger partial charge is 0.489 e. The quantitative estimate of drug-likeness (QED) is 0.535. The van der Waals surface area contributed by atoms with Crippen LogP contribution in [-0.2, 0) is 6.54 Å². The van der Waals surface area contributed by atoms with Gasteiger partial charge in [-0.3, -0.25) is 0 Å². The summed E-state index contributed by atoms with van der Waals surface area (Å²) >= 11 is 19.1. The third-order valence-corrected chi connectivity index (χ3v) is 5.37. The monoisotopic (exact) mass is 426 g/mol. The minimum absolute atomic E-state index is 0.0284. The van der Waals surface area contributed by atoms with Crippen LogP contribution in [0.5, 0.6) is 5.75 Å². The molecule has 1 N–H and O–H groups in total. The molecule has 2 aromatic carbocycles. The molecule has 3 nitrogen and oxygen atoms in total. The number of rotatable bonds is 6. The van der Waals surface area contributed by atoms with Crippen molar-refractivity contribution in [1.82, 2.24) is 0 Å². The molecule has 0 unspecified atom stereocenters. The third-order valence-electron chi connectivity index (χ3n) is 4.57. The fourth-order valence-electron chi connectivity index (χ4n) is 3.32. The number of hydrogen-bond acceptors (Lipinski definition) is 3. The van der Waals surface area contributed by atoms with Gasteiger partial charge in [-0.2, -0.15) is 0 Å². The van der Waals surface area contributed by atoms with E-state index in [1.54, 1.807) is 6.07 Å². The summed E-state index contributed by atoms with van der Waals surface area (Å²) in [6, 6.07) is 9.70. The molecule has 3 rings (SSSR count). The van der Waals surface area contributed by atoms with Crippen LogP contribution in [-0.4, -0.2) is 19.2 Å². The van der Waals surface area contributed by atoms with Crippen LogP contribution in [0.1, 0.15) is 38.7 Å². The van der Waals surface area contributed by atoms with Crippen LogP contribution in [0, 0.1) is 0 Å². The van der Waals surface area contributed by atoms with E-state index >= 15 is 0 Å². The van der Waals surface area contributed by atoms with Crippen molar-refractivity contribution in [3.05, 3.63) is 51.0 Å². The molecule has 0 saturated carbocycles. The SMILES string of the molecule is CC(C)Oc1c(Cl)cc(Cl)cc1CNc1ccc(N2CCCCC2)c(Cl)c1. The van der Waals surface area contributed by atoms with E-state index in [2.05, 4.69) is 22.3 Å². The molecule has 1 saturated heterocycles. The number of ether oxygens (including phenoxy) is 1. The fourth-order valence-corrected chi connectivity index (χ4v) is 4.20. The summed E-state index contributed by atoms with van der Waals surface area (Å²) in [6.45, 7) is 6.64. The van der Waals surface area contributed by atoms with Gasteiger partial charge in [-0.05, 0) is 63.4 Å². The second-order valence-electron chi connectivity index (χ2n) is 7.11. The van der Waals surface area contributed by atoms with Gasteiger partial charge in [0.05, 0.1) is 21.8 Å². The van der Waals surface area contributed by atoms with E-state index in [1.807, 2.05) is 26.0 Å². The molecule has 1 aliphatic rings. The molecule has 6 heteroatoms. The van der Waals surface area contributed by atoms with Crippen LogP contribution >= 0.6 is 34.8 Å². The second kappa shape index (κ2) is 9.27. The standard InChI is InChI=1S/C21H25Cl3N2O/c1-14(2)27-21-15(10-16(22)11-19(21)24)13-25-17-6-7-20(18(23)12-17)26-8-4-3-5-9-26/h6-7,10-12,14,25H,3-5,8-9,13H2,1-2H3. The van der Waals surface area contributed by atoms with Gasteiger partial charge in [0.15, 0.2) is 0 Å². The molecule has 1 fully saturated rings. The summed E-state index contributed by atoms with van der Waals surface area (Å²) in [6.07, 6.45) is 3.78. The number of nitrogens with one attached hydrogen (secondary N) is 1. The van der Waals surface area contributed by atoms with Crippen molar-refractivity contribution < 1.29 is 4.74 Å². The van der Waals surface area contributed by atoms with Crippen LogP contribution in [0.15, 0.2) is 30.3 Å². The number of hydrogen-bond donors (Lipinski definition) is 1. The predicted molar refractivity (Wildman–Crippen MR) is 117 cm³/mol. The Bertz CT molecular complexity index is 789. The van der Waals surface area contributed by atoms with E-state index in [4.69, 9.17) is 39.5 Å². The highest BCUT2D eigenvalue weighted by molar-refractivity contribution is 6.35. The lowest BCUT2D eigenvalue weighted by molar-refractivity contribution is 0.240. The maximum Gasteiger partial charge on any atom is 0.143 e. The Balaban J connectivity index is 1.74. The molecule has 0 bridgehead atoms. The summed E-state index contributed by atoms with van der Waals surface area (Å²) in [5, 5.41) is 5.28. The van der Waals surface area contributed by atoms with Crippen LogP contribution in [0.2, 0.25) is 15.1 Å². The molecule has 2 aromatic rings. The van der Waals surface area contributed by atoms with Gasteiger partial charge in [-0.1, -0.05) is 34.8 Å². The lowest BCUT2D eigenvalue weighted by Crippen LogP contribution is -2.29. The lowest BCUT2D eigenvalue weighted by Gasteiger charge is -2.29. The molecule has 0 atom stereocenters. The van der Waals surface area contributed by atoms with Gasteiger partial charge in [0.1, 0.15) is 5.75 Å². The first-order chi connectivity index (χ1) is 12.9. The predicted octanol–water partition coefficient (Wildman–Crippen LogP) is 7.04. The maximum absolute atomic E-state index is 6.55. The Morgan fingerprint density at radius 2 is 1.74 bits per heavy atom. The van der Waals surface area contributed by atoms with Crippen molar-refractivity contribution in [2.45, 2.75) is 45.8 Å². The molecule has 0 radical (unpaired) electrons. The van der Waals surface area contributed by atoms with E-state index in [0.29, 0.717) is 22.3 Å². The summed E-state index contributed by atoms with van der Waals surface area (Å²) in [5.41, 5.74) is 2.97. The Morgan fingerprint density at radius 3 is 2.41 bits per heavy atom. The number of nitrogens with zero attached hydrogens (tertiary/aromatic N) is 1. The van der Waals surface area contributed by atoms with E-state index < -0.39 is 0 Å². The van der Waals surface area contributed by atoms with E-state index in [0.717, 1.165) is 35.1 Å². The number of halogens is 3. The Labute approximate surface area is 176 Å². The summed E-state index contributed by atoms with van der Waals surface area (Å²) in [5.74, 6) is 0.666. The average Bonchev–Trinajstić information content (AvgIpc) is 2.63. The smallest absolute Gasteiger partial charge is 0.143 e. The van der Waals surface area contributed by atoms with Gasteiger partial charge in [0, 0.05) is 35.9 Å². The van der Waals surface area contributed by atoms with Crippen LogP contribution in [0.4, 0.5) is 11.4 Å². The number of benzene rings is 2. The lowest BCUT2D eigenvalue weighted by atomic mass is 10.1. The highest BCUT2D eigenvalue weighted by Gasteiger charge is 2.15. The number of anilines is 2. The fraction of sp³-hybridized carbons (Fsp3) is 0.429. The van der Waals surface area contributed by atoms with E-state index in [1.165, 1.54) is 19.3 Å². The molecule has 0 aromatic heterocycles. The minimum Gasteiger partial charge on any atom is -0.489 e. The van der Waals surface area contributed by atoms with E-state index in [-0.39, 0.29) is 6.10 Å². The minimum atomic E-state index is 0.0284. The maximum atomic E-state index is 6.55. The first-order valence-electron chi connectivity index (χ1n) is 9.37. The van der Waals surface area contributed by atoms with E-state index in [9.17, 15) is 0 Å². The highest BCUT2D eigenvalue weighted by Crippen LogP contribution is 2.35. The second-order valence-corrected chi connectivity index (χ2v) is 8.36. The number of piperidine rings is 1. The van der Waals surface area contributed by atoms with Crippen molar-refractivity contribution in [1.29, 1.82) is 0 Å². The van der Waals surface area contributed by atoms with Gasteiger partial charge in [-0.15, -0.1) is 0 Å². The molecule has 0 spiro atoms. The van der Waals surface area contributed by atoms with Gasteiger partial charge in [0.2, 0.25) is 0 Å². The van der Waals surface area contributed by atoms with Crippen molar-refractivity contribution >= 4 is 46.2 Å². The van der Waals surface area contributed by atoms with Gasteiger partial charge in [-0.25, -0.2) is 0 Å². The molecule has 1 aliphatic heterocycles. The Morgan fingerprint density at radius 1 is 1.00 bits per heavy atom. The zero-order chi connectivity index (χ0) is 19.4. The normalized spacial score (nSPS) is 14.5. The zero-order valence-electron chi connectivity index (χ0n) is 15.7. The summed E-state index contributed by atoms with van der Waals surface area (Å²) in [4.78, 5) is 2.36. The van der Waals surface area contributed by atoms with Crippen molar-refractivity contribution in [2.24, 2.45) is 0 Å². The van der Waals surface area contributed by atoms with Crippen LogP contribution in [0.3, 0.4) is 0 Å². The molecular weight excluding hydrogens is 403 g/mol. The zero-order valence-corrected chi connectivity index (χ0v) is 18.0. The summed E-state index contributed by atoms with van der Waals surface area (Å²) < 4.78 is 5.88. The topological polar surface area (TPSA) is 24.5 Å². The van der Waals surface area contributed by atoms with Crippen LogP contribution < -0.4 is 15.0 Å². The highest BCUT2D eigenvalue weighted by atomic mass is 35.5. The van der Waals surface area contributed by atoms with Crippen molar-refractivity contribution in [3.8, 4) is 5.75 Å². The molecule has 27 heavy (non-hydrogen) atoms. The molecule has 1 heterocycles. The third kappa shape index (κ3) is 5.37. The molecule has 146 valence electrons. The molecular formula is C21H25Cl3N2O. The van der Waals surface area contributed by atoms with Gasteiger partial charge < -0.3 is 15.0 Å². The Hall–Kier alpha value is -1.29. The van der Waals surface area contributed by atoms with Gasteiger partial charge in [0.25, 0.3) is 0 Å². The Kier molecular flexibility index (Phi) is 7.02. The molecule has 0 amide bonds. The summed E-state index contributed by atoms with van der Waals surface area (Å²) in [7, 11) is 0.